The van der Waals surface area contributed by atoms with Crippen LogP contribution >= 0.6 is 23.4 Å². The minimum atomic E-state index is -0.277. The van der Waals surface area contributed by atoms with Gasteiger partial charge in [0.2, 0.25) is 5.91 Å². The van der Waals surface area contributed by atoms with Crippen molar-refractivity contribution >= 4 is 63.1 Å². The Labute approximate surface area is 223 Å². The number of anilines is 1. The van der Waals surface area contributed by atoms with Crippen molar-refractivity contribution in [3.63, 3.8) is 0 Å². The lowest BCUT2D eigenvalue weighted by Gasteiger charge is -2.12. The highest BCUT2D eigenvalue weighted by atomic mass is 35.5. The number of aryl methyl sites for hydroxylation is 1. The summed E-state index contributed by atoms with van der Waals surface area (Å²) in [5.41, 5.74) is 3.48. The molecule has 0 unspecified atom stereocenters. The molecule has 1 fully saturated rings. The van der Waals surface area contributed by atoms with Gasteiger partial charge in [-0.3, -0.25) is 19.3 Å². The van der Waals surface area contributed by atoms with Gasteiger partial charge in [0.05, 0.1) is 4.91 Å². The molecule has 1 aliphatic rings. The Bertz CT molecular complexity index is 1500. The zero-order valence-corrected chi connectivity index (χ0v) is 21.5. The number of carbonyl (C=O) groups is 3. The molecule has 2 heterocycles. The Hall–Kier alpha value is -3.81. The van der Waals surface area contributed by atoms with Gasteiger partial charge in [0, 0.05) is 39.9 Å². The van der Waals surface area contributed by atoms with Crippen LogP contribution in [0.15, 0.2) is 90.0 Å². The molecule has 1 N–H and O–H groups in total. The van der Waals surface area contributed by atoms with Crippen LogP contribution in [0.25, 0.3) is 17.0 Å². The Kier molecular flexibility index (Phi) is 7.44. The fourth-order valence-corrected chi connectivity index (χ4v) is 5.31. The standard InChI is InChI=1S/C29H24ClN3O3S/c30-22-12-14-23(15-13-22)31-27(34)19-32-18-21(24-10-4-5-11-25(24)32)17-26-28(35)33(29(36)37-26)16-6-9-20-7-2-1-3-8-20/h1-5,7-8,10-15,17-18H,6,9,16,19H2,(H,31,34)/b26-17+. The number of nitrogens with zero attached hydrogens (tertiary/aromatic N) is 2. The minimum absolute atomic E-state index is 0.0952. The number of aromatic nitrogens is 1. The van der Waals surface area contributed by atoms with Gasteiger partial charge in [-0.05, 0) is 66.6 Å². The third kappa shape index (κ3) is 5.79. The Morgan fingerprint density at radius 3 is 2.46 bits per heavy atom. The predicted octanol–water partition coefficient (Wildman–Crippen LogP) is 6.60. The van der Waals surface area contributed by atoms with E-state index in [0.717, 1.165) is 34.6 Å². The second-order valence-electron chi connectivity index (χ2n) is 8.71. The summed E-state index contributed by atoms with van der Waals surface area (Å²) in [6.45, 7) is 0.474. The van der Waals surface area contributed by atoms with Crippen molar-refractivity contribution in [2.45, 2.75) is 19.4 Å². The van der Waals surface area contributed by atoms with E-state index < -0.39 is 0 Å². The second-order valence-corrected chi connectivity index (χ2v) is 10.1. The van der Waals surface area contributed by atoms with Crippen LogP contribution in [0.2, 0.25) is 5.02 Å². The average molecular weight is 530 g/mol. The first-order valence-corrected chi connectivity index (χ1v) is 13.1. The molecular weight excluding hydrogens is 506 g/mol. The summed E-state index contributed by atoms with van der Waals surface area (Å²) in [5, 5.41) is 4.11. The number of hydrogen-bond donors (Lipinski definition) is 1. The largest absolute Gasteiger partial charge is 0.337 e. The fraction of sp³-hybridized carbons (Fsp3) is 0.138. The lowest BCUT2D eigenvalue weighted by molar-refractivity contribution is -0.122. The number of carbonyl (C=O) groups excluding carboxylic acids is 3. The van der Waals surface area contributed by atoms with Crippen LogP contribution in [0.1, 0.15) is 17.5 Å². The molecule has 1 saturated heterocycles. The molecule has 186 valence electrons. The number of halogens is 1. The summed E-state index contributed by atoms with van der Waals surface area (Å²) in [5.74, 6) is -0.464. The van der Waals surface area contributed by atoms with Crippen molar-refractivity contribution in [2.24, 2.45) is 0 Å². The summed E-state index contributed by atoms with van der Waals surface area (Å²) in [7, 11) is 0. The van der Waals surface area contributed by atoms with E-state index in [1.165, 1.54) is 10.5 Å². The molecule has 0 radical (unpaired) electrons. The quantitative estimate of drug-likeness (QED) is 0.261. The molecule has 0 atom stereocenters. The zero-order chi connectivity index (χ0) is 25.8. The molecule has 3 aromatic carbocycles. The molecule has 6 nitrogen and oxygen atoms in total. The summed E-state index contributed by atoms with van der Waals surface area (Å²) in [4.78, 5) is 40.1. The molecule has 1 aromatic heterocycles. The zero-order valence-electron chi connectivity index (χ0n) is 19.9. The third-order valence-corrected chi connectivity index (χ3v) is 7.27. The highest BCUT2D eigenvalue weighted by Crippen LogP contribution is 2.34. The number of amides is 3. The van der Waals surface area contributed by atoms with Crippen LogP contribution in [-0.2, 0) is 22.6 Å². The highest BCUT2D eigenvalue weighted by Gasteiger charge is 2.34. The van der Waals surface area contributed by atoms with Crippen LogP contribution in [0.4, 0.5) is 10.5 Å². The van der Waals surface area contributed by atoms with E-state index in [1.54, 1.807) is 30.3 Å². The molecule has 3 amide bonds. The topological polar surface area (TPSA) is 71.4 Å². The number of imide groups is 1. The first-order valence-electron chi connectivity index (χ1n) is 11.9. The van der Waals surface area contributed by atoms with Crippen LogP contribution in [-0.4, -0.2) is 33.1 Å². The Balaban J connectivity index is 1.31. The summed E-state index contributed by atoms with van der Waals surface area (Å²) < 4.78 is 1.84. The maximum Gasteiger partial charge on any atom is 0.293 e. The van der Waals surface area contributed by atoms with Crippen molar-refractivity contribution < 1.29 is 14.4 Å². The van der Waals surface area contributed by atoms with Crippen LogP contribution in [0.3, 0.4) is 0 Å². The van der Waals surface area contributed by atoms with Crippen molar-refractivity contribution in [1.82, 2.24) is 9.47 Å². The number of nitrogens with one attached hydrogen (secondary N) is 1. The molecule has 0 aliphatic carbocycles. The normalized spacial score (nSPS) is 14.6. The van der Waals surface area contributed by atoms with Gasteiger partial charge in [-0.1, -0.05) is 60.1 Å². The van der Waals surface area contributed by atoms with E-state index in [9.17, 15) is 14.4 Å². The van der Waals surface area contributed by atoms with Crippen LogP contribution in [0, 0.1) is 0 Å². The third-order valence-electron chi connectivity index (χ3n) is 6.11. The molecule has 0 spiro atoms. The Morgan fingerprint density at radius 1 is 0.946 bits per heavy atom. The van der Waals surface area contributed by atoms with Gasteiger partial charge >= 0.3 is 0 Å². The fourth-order valence-electron chi connectivity index (χ4n) is 4.33. The second kappa shape index (κ2) is 11.1. The smallest absolute Gasteiger partial charge is 0.293 e. The minimum Gasteiger partial charge on any atom is -0.337 e. The van der Waals surface area contributed by atoms with E-state index in [2.05, 4.69) is 5.32 Å². The van der Waals surface area contributed by atoms with Gasteiger partial charge in [0.25, 0.3) is 11.1 Å². The van der Waals surface area contributed by atoms with E-state index in [-0.39, 0.29) is 23.6 Å². The molecule has 4 aromatic rings. The Morgan fingerprint density at radius 2 is 1.68 bits per heavy atom. The molecule has 37 heavy (non-hydrogen) atoms. The number of para-hydroxylation sites is 1. The van der Waals surface area contributed by atoms with E-state index >= 15 is 0 Å². The van der Waals surface area contributed by atoms with Crippen molar-refractivity contribution in [1.29, 1.82) is 0 Å². The van der Waals surface area contributed by atoms with Gasteiger partial charge in [-0.2, -0.15) is 0 Å². The van der Waals surface area contributed by atoms with Crippen LogP contribution < -0.4 is 5.32 Å². The average Bonchev–Trinajstić information content (AvgIpc) is 3.37. The van der Waals surface area contributed by atoms with Gasteiger partial charge in [-0.15, -0.1) is 0 Å². The van der Waals surface area contributed by atoms with E-state index in [0.29, 0.717) is 28.6 Å². The van der Waals surface area contributed by atoms with Gasteiger partial charge < -0.3 is 9.88 Å². The van der Waals surface area contributed by atoms with Crippen LogP contribution in [0.5, 0.6) is 0 Å². The van der Waals surface area contributed by atoms with E-state index in [1.807, 2.05) is 65.4 Å². The SMILES string of the molecule is O=C(Cn1cc(/C=C2/SC(=O)N(CCCc3ccccc3)C2=O)c2ccccc21)Nc1ccc(Cl)cc1. The van der Waals surface area contributed by atoms with Gasteiger partial charge in [0.1, 0.15) is 6.54 Å². The van der Waals surface area contributed by atoms with E-state index in [4.69, 9.17) is 11.6 Å². The van der Waals surface area contributed by atoms with Crippen molar-refractivity contribution in [2.75, 3.05) is 11.9 Å². The predicted molar refractivity (Wildman–Crippen MR) is 149 cm³/mol. The molecule has 8 heteroatoms. The van der Waals surface area contributed by atoms with Crippen molar-refractivity contribution in [3.05, 3.63) is 106 Å². The number of thioether (sulfide) groups is 1. The maximum atomic E-state index is 13.0. The van der Waals surface area contributed by atoms with Gasteiger partial charge in [0.15, 0.2) is 0 Å². The summed E-state index contributed by atoms with van der Waals surface area (Å²) >= 11 is 6.88. The maximum absolute atomic E-state index is 13.0. The van der Waals surface area contributed by atoms with Crippen molar-refractivity contribution in [3.8, 4) is 0 Å². The molecular formula is C29H24ClN3O3S. The summed E-state index contributed by atoms with van der Waals surface area (Å²) in [6.07, 6.45) is 5.10. The lowest BCUT2D eigenvalue weighted by atomic mass is 10.1. The molecule has 0 bridgehead atoms. The highest BCUT2D eigenvalue weighted by molar-refractivity contribution is 8.18. The monoisotopic (exact) mass is 529 g/mol. The molecule has 5 rings (SSSR count). The number of benzene rings is 3. The summed E-state index contributed by atoms with van der Waals surface area (Å²) in [6, 6.07) is 24.6. The number of fused-ring (bicyclic) bond motifs is 1. The first-order chi connectivity index (χ1) is 18.0. The first kappa shape index (κ1) is 24.9. The molecule has 1 aliphatic heterocycles. The lowest BCUT2D eigenvalue weighted by Crippen LogP contribution is -2.29. The number of hydrogen-bond acceptors (Lipinski definition) is 4. The van der Waals surface area contributed by atoms with Gasteiger partial charge in [-0.25, -0.2) is 0 Å². The molecule has 0 saturated carbocycles. The number of rotatable bonds is 8.